The summed E-state index contributed by atoms with van der Waals surface area (Å²) in [5.74, 6) is 1.33. The van der Waals surface area contributed by atoms with Crippen molar-refractivity contribution in [3.8, 4) is 0 Å². The topological polar surface area (TPSA) is 84.1 Å². The Morgan fingerprint density at radius 3 is 2.93 bits per heavy atom. The largest absolute Gasteiger partial charge is 0.393 e. The van der Waals surface area contributed by atoms with Crippen molar-refractivity contribution in [3.63, 3.8) is 0 Å². The number of halogens is 1. The number of anilines is 2. The van der Waals surface area contributed by atoms with Gasteiger partial charge in [-0.15, -0.1) is 0 Å². The van der Waals surface area contributed by atoms with Crippen LogP contribution in [0.2, 0.25) is 5.02 Å². The summed E-state index contributed by atoms with van der Waals surface area (Å²) in [5.41, 5.74) is 5.53. The lowest BCUT2D eigenvalue weighted by atomic mass is 9.82. The highest BCUT2D eigenvalue weighted by molar-refractivity contribution is 6.35. The van der Waals surface area contributed by atoms with E-state index >= 15 is 0 Å². The smallest absolute Gasteiger partial charge is 0.150 e. The standard InChI is InChI=1S/C9H13ClN4O/c10-7-8(11)13-4-14-9(7)12-3-5-1-6(15)2-5/h4-6,15H,1-3H2,(H3,11,12,13,14). The molecule has 1 fully saturated rings. The first kappa shape index (κ1) is 10.4. The van der Waals surface area contributed by atoms with Crippen molar-refractivity contribution in [1.29, 1.82) is 0 Å². The molecule has 0 radical (unpaired) electrons. The fourth-order valence-electron chi connectivity index (χ4n) is 1.61. The number of rotatable bonds is 3. The minimum atomic E-state index is -0.136. The number of aromatic nitrogens is 2. The Hall–Kier alpha value is -1.07. The molecule has 0 amide bonds. The molecule has 1 aromatic heterocycles. The van der Waals surface area contributed by atoms with E-state index in [1.165, 1.54) is 6.33 Å². The van der Waals surface area contributed by atoms with Gasteiger partial charge in [0.15, 0.2) is 0 Å². The van der Waals surface area contributed by atoms with E-state index in [0.29, 0.717) is 16.8 Å². The minimum absolute atomic E-state index is 0.136. The van der Waals surface area contributed by atoms with Crippen LogP contribution in [0.15, 0.2) is 6.33 Å². The predicted molar refractivity (Wildman–Crippen MR) is 58.7 cm³/mol. The zero-order valence-corrected chi connectivity index (χ0v) is 8.91. The molecule has 1 heterocycles. The van der Waals surface area contributed by atoms with Gasteiger partial charge in [-0.25, -0.2) is 9.97 Å². The van der Waals surface area contributed by atoms with E-state index in [1.54, 1.807) is 0 Å². The van der Waals surface area contributed by atoms with E-state index in [2.05, 4.69) is 15.3 Å². The number of hydrogen-bond donors (Lipinski definition) is 3. The summed E-state index contributed by atoms with van der Waals surface area (Å²) in [5, 5.41) is 12.6. The molecule has 1 aliphatic rings. The molecule has 0 unspecified atom stereocenters. The van der Waals surface area contributed by atoms with Crippen LogP contribution in [-0.4, -0.2) is 27.7 Å². The maximum Gasteiger partial charge on any atom is 0.150 e. The van der Waals surface area contributed by atoms with Crippen LogP contribution in [-0.2, 0) is 0 Å². The van der Waals surface area contributed by atoms with Crippen LogP contribution in [0.4, 0.5) is 11.6 Å². The Morgan fingerprint density at radius 2 is 2.27 bits per heavy atom. The van der Waals surface area contributed by atoms with Crippen molar-refractivity contribution in [1.82, 2.24) is 9.97 Å². The van der Waals surface area contributed by atoms with E-state index in [-0.39, 0.29) is 11.9 Å². The summed E-state index contributed by atoms with van der Waals surface area (Å²) in [6.45, 7) is 0.757. The van der Waals surface area contributed by atoms with Gasteiger partial charge in [0.2, 0.25) is 0 Å². The monoisotopic (exact) mass is 228 g/mol. The third kappa shape index (κ3) is 2.30. The molecule has 1 aliphatic carbocycles. The second-order valence-corrected chi connectivity index (χ2v) is 4.17. The molecule has 0 aromatic carbocycles. The second-order valence-electron chi connectivity index (χ2n) is 3.79. The van der Waals surface area contributed by atoms with Crippen molar-refractivity contribution in [3.05, 3.63) is 11.3 Å². The normalized spacial score (nSPS) is 24.7. The van der Waals surface area contributed by atoms with Crippen LogP contribution >= 0.6 is 11.6 Å². The molecular weight excluding hydrogens is 216 g/mol. The second kappa shape index (κ2) is 4.20. The molecule has 1 aromatic rings. The van der Waals surface area contributed by atoms with Crippen molar-refractivity contribution < 1.29 is 5.11 Å². The maximum absolute atomic E-state index is 9.11. The third-order valence-electron chi connectivity index (χ3n) is 2.59. The van der Waals surface area contributed by atoms with Gasteiger partial charge < -0.3 is 16.2 Å². The van der Waals surface area contributed by atoms with E-state index in [9.17, 15) is 0 Å². The highest BCUT2D eigenvalue weighted by Gasteiger charge is 2.26. The highest BCUT2D eigenvalue weighted by atomic mass is 35.5. The van der Waals surface area contributed by atoms with Crippen molar-refractivity contribution in [2.45, 2.75) is 18.9 Å². The summed E-state index contributed by atoms with van der Waals surface area (Å²) >= 11 is 5.90. The Bertz CT molecular complexity index is 354. The Morgan fingerprint density at radius 1 is 1.53 bits per heavy atom. The van der Waals surface area contributed by atoms with Gasteiger partial charge >= 0.3 is 0 Å². The predicted octanol–water partition coefficient (Wildman–Crippen LogP) is 0.895. The zero-order valence-electron chi connectivity index (χ0n) is 8.15. The first-order valence-electron chi connectivity index (χ1n) is 4.84. The first-order valence-corrected chi connectivity index (χ1v) is 5.22. The van der Waals surface area contributed by atoms with Crippen LogP contribution in [0.3, 0.4) is 0 Å². The first-order chi connectivity index (χ1) is 7.16. The Labute approximate surface area is 92.7 Å². The summed E-state index contributed by atoms with van der Waals surface area (Å²) < 4.78 is 0. The van der Waals surface area contributed by atoms with E-state index in [0.717, 1.165) is 19.4 Å². The number of nitrogens with zero attached hydrogens (tertiary/aromatic N) is 2. The molecule has 82 valence electrons. The van der Waals surface area contributed by atoms with Gasteiger partial charge in [0.25, 0.3) is 0 Å². The van der Waals surface area contributed by atoms with E-state index in [4.69, 9.17) is 22.4 Å². The van der Waals surface area contributed by atoms with Gasteiger partial charge in [0.05, 0.1) is 6.10 Å². The van der Waals surface area contributed by atoms with Gasteiger partial charge in [0, 0.05) is 6.54 Å². The number of nitrogens with one attached hydrogen (secondary N) is 1. The van der Waals surface area contributed by atoms with Gasteiger partial charge in [-0.2, -0.15) is 0 Å². The molecule has 0 saturated heterocycles. The number of aliphatic hydroxyl groups excluding tert-OH is 1. The van der Waals surface area contributed by atoms with Gasteiger partial charge in [-0.3, -0.25) is 0 Å². The van der Waals surface area contributed by atoms with Crippen molar-refractivity contribution >= 4 is 23.2 Å². The molecule has 0 spiro atoms. The molecule has 0 aliphatic heterocycles. The highest BCUT2D eigenvalue weighted by Crippen LogP contribution is 2.29. The molecule has 6 heteroatoms. The van der Waals surface area contributed by atoms with Crippen LogP contribution in [0.1, 0.15) is 12.8 Å². The van der Waals surface area contributed by atoms with E-state index < -0.39 is 0 Å². The maximum atomic E-state index is 9.11. The average molecular weight is 229 g/mol. The molecule has 5 nitrogen and oxygen atoms in total. The SMILES string of the molecule is Nc1ncnc(NCC2CC(O)C2)c1Cl. The number of aliphatic hydroxyl groups is 1. The lowest BCUT2D eigenvalue weighted by molar-refractivity contribution is 0.0486. The molecule has 2 rings (SSSR count). The molecule has 0 atom stereocenters. The summed E-state index contributed by atoms with van der Waals surface area (Å²) in [4.78, 5) is 7.76. The Balaban J connectivity index is 1.91. The van der Waals surface area contributed by atoms with Crippen LogP contribution in [0.25, 0.3) is 0 Å². The fourth-order valence-corrected chi connectivity index (χ4v) is 1.78. The number of nitrogens with two attached hydrogens (primary N) is 1. The van der Waals surface area contributed by atoms with Crippen molar-refractivity contribution in [2.75, 3.05) is 17.6 Å². The summed E-state index contributed by atoms with van der Waals surface area (Å²) in [6.07, 6.45) is 2.91. The molecule has 15 heavy (non-hydrogen) atoms. The molecule has 4 N–H and O–H groups in total. The number of hydrogen-bond acceptors (Lipinski definition) is 5. The minimum Gasteiger partial charge on any atom is -0.393 e. The number of nitrogen functional groups attached to an aromatic ring is 1. The molecule has 0 bridgehead atoms. The Kier molecular flexibility index (Phi) is 2.93. The third-order valence-corrected chi connectivity index (χ3v) is 2.96. The zero-order chi connectivity index (χ0) is 10.8. The van der Waals surface area contributed by atoms with Gasteiger partial charge in [-0.05, 0) is 18.8 Å². The van der Waals surface area contributed by atoms with Crippen LogP contribution < -0.4 is 11.1 Å². The van der Waals surface area contributed by atoms with Crippen molar-refractivity contribution in [2.24, 2.45) is 5.92 Å². The van der Waals surface area contributed by atoms with E-state index in [1.807, 2.05) is 0 Å². The lowest BCUT2D eigenvalue weighted by Crippen LogP contribution is -2.33. The quantitative estimate of drug-likeness (QED) is 0.716. The fraction of sp³-hybridized carbons (Fsp3) is 0.556. The lowest BCUT2D eigenvalue weighted by Gasteiger charge is -2.31. The van der Waals surface area contributed by atoms with Gasteiger partial charge in [-0.1, -0.05) is 11.6 Å². The van der Waals surface area contributed by atoms with Crippen LogP contribution in [0, 0.1) is 5.92 Å². The molecular formula is C9H13ClN4O. The average Bonchev–Trinajstić information content (AvgIpc) is 2.17. The van der Waals surface area contributed by atoms with Gasteiger partial charge in [0.1, 0.15) is 23.0 Å². The van der Waals surface area contributed by atoms with Crippen LogP contribution in [0.5, 0.6) is 0 Å². The molecule has 1 saturated carbocycles. The summed E-state index contributed by atoms with van der Waals surface area (Å²) in [6, 6.07) is 0. The summed E-state index contributed by atoms with van der Waals surface area (Å²) in [7, 11) is 0.